The highest BCUT2D eigenvalue weighted by atomic mass is 35.5. The maximum absolute atomic E-state index is 12.1. The van der Waals surface area contributed by atoms with E-state index in [2.05, 4.69) is 0 Å². The zero-order valence-corrected chi connectivity index (χ0v) is 12.7. The molecule has 0 aliphatic carbocycles. The number of aliphatic carboxylic acids is 1. The first-order chi connectivity index (χ1) is 10.5. The van der Waals surface area contributed by atoms with Gasteiger partial charge in [0.05, 0.1) is 22.0 Å². The van der Waals surface area contributed by atoms with Crippen molar-refractivity contribution in [3.05, 3.63) is 52.0 Å². The summed E-state index contributed by atoms with van der Waals surface area (Å²) in [7, 11) is 0. The van der Waals surface area contributed by atoms with Crippen molar-refractivity contribution in [1.82, 2.24) is 0 Å². The van der Waals surface area contributed by atoms with E-state index >= 15 is 0 Å². The Morgan fingerprint density at radius 3 is 2.32 bits per heavy atom. The number of hydrogen-bond donors (Lipinski definition) is 1. The summed E-state index contributed by atoms with van der Waals surface area (Å²) in [5, 5.41) is 9.92. The fourth-order valence-corrected chi connectivity index (χ4v) is 3.04. The predicted octanol–water partition coefficient (Wildman–Crippen LogP) is 4.08. The van der Waals surface area contributed by atoms with E-state index in [9.17, 15) is 9.59 Å². The second-order valence-electron chi connectivity index (χ2n) is 4.85. The Balaban J connectivity index is 2.22. The minimum absolute atomic E-state index is 0.192. The van der Waals surface area contributed by atoms with Gasteiger partial charge in [-0.1, -0.05) is 41.4 Å². The fraction of sp³-hybridized carbons (Fsp3) is 0.125. The van der Waals surface area contributed by atoms with Crippen molar-refractivity contribution in [2.24, 2.45) is 0 Å². The van der Waals surface area contributed by atoms with Gasteiger partial charge >= 0.3 is 5.97 Å². The normalized spacial score (nSPS) is 16.8. The number of hydrogen-bond acceptors (Lipinski definition) is 3. The summed E-state index contributed by atoms with van der Waals surface area (Å²) in [6.07, 6.45) is -1.40. The minimum Gasteiger partial charge on any atom is -0.478 e. The molecule has 0 aromatic heterocycles. The predicted molar refractivity (Wildman–Crippen MR) is 82.9 cm³/mol. The summed E-state index contributed by atoms with van der Waals surface area (Å²) >= 11 is 12.4. The quantitative estimate of drug-likeness (QED) is 0.897. The van der Waals surface area contributed by atoms with Crippen LogP contribution < -0.4 is 4.74 Å². The van der Waals surface area contributed by atoms with E-state index in [1.807, 2.05) is 0 Å². The van der Waals surface area contributed by atoms with Crippen molar-refractivity contribution in [3.8, 4) is 16.9 Å². The van der Waals surface area contributed by atoms with Crippen LogP contribution in [-0.4, -0.2) is 23.0 Å². The molecule has 0 amide bonds. The first kappa shape index (κ1) is 14.9. The van der Waals surface area contributed by atoms with Gasteiger partial charge in [-0.15, -0.1) is 0 Å². The van der Waals surface area contributed by atoms with Crippen LogP contribution in [0.1, 0.15) is 16.8 Å². The smallest absolute Gasteiger partial charge is 0.345 e. The Labute approximate surface area is 136 Å². The summed E-state index contributed by atoms with van der Waals surface area (Å²) in [6.45, 7) is 0. The van der Waals surface area contributed by atoms with E-state index in [0.29, 0.717) is 26.7 Å². The molecule has 22 heavy (non-hydrogen) atoms. The lowest BCUT2D eigenvalue weighted by Gasteiger charge is -2.25. The van der Waals surface area contributed by atoms with Crippen LogP contribution in [0.5, 0.6) is 5.75 Å². The number of ketones is 1. The van der Waals surface area contributed by atoms with Gasteiger partial charge in [0.2, 0.25) is 6.10 Å². The van der Waals surface area contributed by atoms with Gasteiger partial charge in [0.15, 0.2) is 5.78 Å². The molecule has 0 radical (unpaired) electrons. The van der Waals surface area contributed by atoms with Crippen LogP contribution in [0.4, 0.5) is 0 Å². The molecule has 0 bridgehead atoms. The van der Waals surface area contributed by atoms with Crippen molar-refractivity contribution < 1.29 is 19.4 Å². The van der Waals surface area contributed by atoms with Crippen molar-refractivity contribution in [1.29, 1.82) is 0 Å². The van der Waals surface area contributed by atoms with Crippen LogP contribution in [0.25, 0.3) is 11.1 Å². The third-order valence-corrected chi connectivity index (χ3v) is 4.08. The molecule has 0 saturated carbocycles. The lowest BCUT2D eigenvalue weighted by molar-refractivity contribution is -0.145. The van der Waals surface area contributed by atoms with E-state index in [1.165, 1.54) is 0 Å². The summed E-state index contributed by atoms with van der Waals surface area (Å²) in [6, 6.07) is 10.0. The van der Waals surface area contributed by atoms with Crippen molar-refractivity contribution in [2.45, 2.75) is 12.5 Å². The second-order valence-corrected chi connectivity index (χ2v) is 5.67. The number of benzene rings is 2. The Morgan fingerprint density at radius 2 is 1.68 bits per heavy atom. The Hall–Kier alpha value is -2.04. The standard InChI is InChI=1S/C16H10Cl2O4/c17-10-5-2-6-11(18)14(10)9-4-1-3-8-12(19)7-13(16(20)21)22-15(8)9/h1-6,13H,7H2,(H,20,21)/t13-/m1/s1. The number of fused-ring (bicyclic) bond motifs is 1. The fourth-order valence-electron chi connectivity index (χ4n) is 2.44. The Kier molecular flexibility index (Phi) is 3.81. The molecule has 112 valence electrons. The van der Waals surface area contributed by atoms with E-state index in [0.717, 1.165) is 0 Å². The number of carbonyl (C=O) groups is 2. The van der Waals surface area contributed by atoms with E-state index < -0.39 is 12.1 Å². The summed E-state index contributed by atoms with van der Waals surface area (Å²) in [5.74, 6) is -1.25. The first-order valence-corrected chi connectivity index (χ1v) is 7.24. The van der Waals surface area contributed by atoms with Gasteiger partial charge in [0.25, 0.3) is 0 Å². The number of rotatable bonds is 2. The SMILES string of the molecule is O=C1C[C@H](C(=O)O)Oc2c1cccc2-c1c(Cl)cccc1Cl. The van der Waals surface area contributed by atoms with Crippen LogP contribution in [-0.2, 0) is 4.79 Å². The van der Waals surface area contributed by atoms with Gasteiger partial charge in [-0.3, -0.25) is 4.79 Å². The third-order valence-electron chi connectivity index (χ3n) is 3.45. The highest BCUT2D eigenvalue weighted by Gasteiger charge is 2.33. The zero-order valence-electron chi connectivity index (χ0n) is 11.2. The number of para-hydroxylation sites is 1. The molecule has 2 aromatic rings. The molecule has 1 aliphatic heterocycles. The van der Waals surface area contributed by atoms with Crippen LogP contribution in [0, 0.1) is 0 Å². The van der Waals surface area contributed by atoms with E-state index in [1.54, 1.807) is 36.4 Å². The molecule has 2 aromatic carbocycles. The molecule has 0 saturated heterocycles. The Bertz CT molecular complexity index is 765. The average Bonchev–Trinajstić information content (AvgIpc) is 2.47. The van der Waals surface area contributed by atoms with Crippen LogP contribution >= 0.6 is 23.2 Å². The number of Topliss-reactive ketones (excluding diaryl/α,β-unsaturated/α-hetero) is 1. The third kappa shape index (κ3) is 2.45. The molecule has 1 heterocycles. The van der Waals surface area contributed by atoms with Gasteiger partial charge in [-0.2, -0.15) is 0 Å². The monoisotopic (exact) mass is 336 g/mol. The highest BCUT2D eigenvalue weighted by Crippen LogP contribution is 2.43. The summed E-state index contributed by atoms with van der Waals surface area (Å²) in [5.41, 5.74) is 1.36. The molecule has 0 spiro atoms. The molecule has 4 nitrogen and oxygen atoms in total. The van der Waals surface area contributed by atoms with Crippen molar-refractivity contribution >= 4 is 35.0 Å². The minimum atomic E-state index is -1.21. The number of halogens is 2. The van der Waals surface area contributed by atoms with Crippen molar-refractivity contribution in [3.63, 3.8) is 0 Å². The molecule has 0 unspecified atom stereocenters. The molecule has 1 aliphatic rings. The number of carbonyl (C=O) groups excluding carboxylic acids is 1. The van der Waals surface area contributed by atoms with Gasteiger partial charge < -0.3 is 9.84 Å². The number of carboxylic acid groups (broad SMARTS) is 1. The molecule has 0 fully saturated rings. The lowest BCUT2D eigenvalue weighted by Crippen LogP contribution is -2.34. The largest absolute Gasteiger partial charge is 0.478 e. The number of carboxylic acids is 1. The van der Waals surface area contributed by atoms with E-state index in [-0.39, 0.29) is 18.0 Å². The van der Waals surface area contributed by atoms with Gasteiger partial charge in [-0.25, -0.2) is 4.79 Å². The molecular formula is C16H10Cl2O4. The van der Waals surface area contributed by atoms with E-state index in [4.69, 9.17) is 33.0 Å². The van der Waals surface area contributed by atoms with Gasteiger partial charge in [0.1, 0.15) is 5.75 Å². The summed E-state index contributed by atoms with van der Waals surface area (Å²) in [4.78, 5) is 23.3. The van der Waals surface area contributed by atoms with Gasteiger partial charge in [0, 0.05) is 11.1 Å². The Morgan fingerprint density at radius 1 is 1.09 bits per heavy atom. The topological polar surface area (TPSA) is 63.6 Å². The molecule has 1 N–H and O–H groups in total. The molecule has 6 heteroatoms. The van der Waals surface area contributed by atoms with Crippen LogP contribution in [0.2, 0.25) is 10.0 Å². The van der Waals surface area contributed by atoms with Gasteiger partial charge in [-0.05, 0) is 18.2 Å². The van der Waals surface area contributed by atoms with Crippen molar-refractivity contribution in [2.75, 3.05) is 0 Å². The second kappa shape index (κ2) is 5.63. The molecule has 1 atom stereocenters. The lowest BCUT2D eigenvalue weighted by atomic mass is 9.94. The van der Waals surface area contributed by atoms with Crippen LogP contribution in [0.3, 0.4) is 0 Å². The van der Waals surface area contributed by atoms with Crippen LogP contribution in [0.15, 0.2) is 36.4 Å². The highest BCUT2D eigenvalue weighted by molar-refractivity contribution is 6.39. The number of ether oxygens (including phenoxy) is 1. The maximum atomic E-state index is 12.1. The molecule has 3 rings (SSSR count). The first-order valence-electron chi connectivity index (χ1n) is 6.49. The maximum Gasteiger partial charge on any atom is 0.345 e. The average molecular weight is 337 g/mol. The summed E-state index contributed by atoms with van der Waals surface area (Å²) < 4.78 is 5.52. The molecular weight excluding hydrogens is 327 g/mol. The zero-order chi connectivity index (χ0) is 15.9.